The first-order valence-electron chi connectivity index (χ1n) is 3.13. The molecular formula is C6H13NO2. The van der Waals surface area contributed by atoms with Gasteiger partial charge in [-0.3, -0.25) is 5.32 Å². The lowest BCUT2D eigenvalue weighted by molar-refractivity contribution is -0.141. The Kier molecular flexibility index (Phi) is 1.75. The van der Waals surface area contributed by atoms with E-state index in [2.05, 4.69) is 5.32 Å². The lowest BCUT2D eigenvalue weighted by atomic mass is 10.4. The molecule has 1 N–H and O–H groups in total. The molecule has 3 heteroatoms. The molecule has 0 radical (unpaired) electrons. The second kappa shape index (κ2) is 2.25. The van der Waals surface area contributed by atoms with Crippen LogP contribution in [0.1, 0.15) is 13.8 Å². The van der Waals surface area contributed by atoms with Gasteiger partial charge in [0.15, 0.2) is 5.79 Å². The summed E-state index contributed by atoms with van der Waals surface area (Å²) in [6.07, 6.45) is 0.0694. The van der Waals surface area contributed by atoms with Crippen molar-refractivity contribution in [3.05, 3.63) is 0 Å². The highest BCUT2D eigenvalue weighted by Gasteiger charge is 2.31. The summed E-state index contributed by atoms with van der Waals surface area (Å²) in [5, 5.41) is 2.97. The molecule has 1 aliphatic rings. The van der Waals surface area contributed by atoms with Gasteiger partial charge in [-0.25, -0.2) is 0 Å². The standard InChI is InChI=1S/C6H13NO2/c1-6(2)8-4-5(7-3)9-6/h5,7H,4H2,1-3H3/t5-/m1/s1. The van der Waals surface area contributed by atoms with Crippen LogP contribution < -0.4 is 5.32 Å². The molecule has 0 aromatic carbocycles. The van der Waals surface area contributed by atoms with Gasteiger partial charge in [-0.05, 0) is 20.9 Å². The van der Waals surface area contributed by atoms with E-state index in [1.807, 2.05) is 20.9 Å². The molecule has 0 saturated carbocycles. The third kappa shape index (κ3) is 1.64. The van der Waals surface area contributed by atoms with Crippen LogP contribution in [0.15, 0.2) is 0 Å². The maximum Gasteiger partial charge on any atom is 0.165 e. The summed E-state index contributed by atoms with van der Waals surface area (Å²) in [6, 6.07) is 0. The Labute approximate surface area is 55.3 Å². The molecule has 1 heterocycles. The molecule has 9 heavy (non-hydrogen) atoms. The van der Waals surface area contributed by atoms with Crippen LogP contribution in [0.3, 0.4) is 0 Å². The zero-order valence-corrected chi connectivity index (χ0v) is 6.10. The number of ether oxygens (including phenoxy) is 2. The van der Waals surface area contributed by atoms with Crippen molar-refractivity contribution in [2.45, 2.75) is 25.9 Å². The van der Waals surface area contributed by atoms with Crippen molar-refractivity contribution >= 4 is 0 Å². The average molecular weight is 131 g/mol. The summed E-state index contributed by atoms with van der Waals surface area (Å²) in [7, 11) is 1.86. The Bertz CT molecular complexity index is 103. The molecule has 0 amide bonds. The number of rotatable bonds is 1. The van der Waals surface area contributed by atoms with E-state index in [0.717, 1.165) is 0 Å². The molecule has 0 spiro atoms. The van der Waals surface area contributed by atoms with Gasteiger partial charge in [0.25, 0.3) is 0 Å². The minimum absolute atomic E-state index is 0.0694. The second-order valence-electron chi connectivity index (χ2n) is 2.61. The number of hydrogen-bond donors (Lipinski definition) is 1. The first-order chi connectivity index (χ1) is 4.14. The monoisotopic (exact) mass is 131 g/mol. The van der Waals surface area contributed by atoms with Crippen molar-refractivity contribution in [3.63, 3.8) is 0 Å². The van der Waals surface area contributed by atoms with Gasteiger partial charge in [0.05, 0.1) is 6.61 Å². The minimum Gasteiger partial charge on any atom is -0.346 e. The van der Waals surface area contributed by atoms with E-state index in [1.165, 1.54) is 0 Å². The molecule has 1 fully saturated rings. The number of likely N-dealkylation sites (N-methyl/N-ethyl adjacent to an activating group) is 1. The fraction of sp³-hybridized carbons (Fsp3) is 1.00. The van der Waals surface area contributed by atoms with E-state index in [9.17, 15) is 0 Å². The summed E-state index contributed by atoms with van der Waals surface area (Å²) >= 11 is 0. The molecule has 0 aromatic rings. The van der Waals surface area contributed by atoms with Crippen LogP contribution in [0.25, 0.3) is 0 Å². The van der Waals surface area contributed by atoms with Gasteiger partial charge in [-0.2, -0.15) is 0 Å². The van der Waals surface area contributed by atoms with Crippen molar-refractivity contribution in [3.8, 4) is 0 Å². The Morgan fingerprint density at radius 2 is 2.22 bits per heavy atom. The molecule has 0 aliphatic carbocycles. The molecule has 54 valence electrons. The number of nitrogens with one attached hydrogen (secondary N) is 1. The van der Waals surface area contributed by atoms with Gasteiger partial charge in [0, 0.05) is 0 Å². The molecule has 1 aliphatic heterocycles. The highest BCUT2D eigenvalue weighted by atomic mass is 16.7. The third-order valence-corrected chi connectivity index (χ3v) is 1.33. The predicted molar refractivity (Wildman–Crippen MR) is 34.0 cm³/mol. The Morgan fingerprint density at radius 3 is 2.44 bits per heavy atom. The van der Waals surface area contributed by atoms with Gasteiger partial charge in [0.2, 0.25) is 0 Å². The van der Waals surface area contributed by atoms with Crippen molar-refractivity contribution in [2.24, 2.45) is 0 Å². The third-order valence-electron chi connectivity index (χ3n) is 1.33. The van der Waals surface area contributed by atoms with Crippen molar-refractivity contribution in [2.75, 3.05) is 13.7 Å². The first kappa shape index (κ1) is 6.99. The summed E-state index contributed by atoms with van der Waals surface area (Å²) in [4.78, 5) is 0. The lowest BCUT2D eigenvalue weighted by Crippen LogP contribution is -2.29. The van der Waals surface area contributed by atoms with Gasteiger partial charge in [0.1, 0.15) is 6.23 Å². The van der Waals surface area contributed by atoms with Crippen LogP contribution in [0, 0.1) is 0 Å². The summed E-state index contributed by atoms with van der Waals surface area (Å²) in [6.45, 7) is 4.46. The highest BCUT2D eigenvalue weighted by Crippen LogP contribution is 2.19. The maximum atomic E-state index is 5.36. The zero-order valence-electron chi connectivity index (χ0n) is 6.10. The second-order valence-corrected chi connectivity index (χ2v) is 2.61. The summed E-state index contributed by atoms with van der Waals surface area (Å²) in [5.41, 5.74) is 0. The Balaban J connectivity index is 2.38. The van der Waals surface area contributed by atoms with Gasteiger partial charge < -0.3 is 9.47 Å². The van der Waals surface area contributed by atoms with Crippen molar-refractivity contribution < 1.29 is 9.47 Å². The predicted octanol–water partition coefficient (Wildman–Crippen LogP) is 0.315. The van der Waals surface area contributed by atoms with E-state index in [1.54, 1.807) is 0 Å². The van der Waals surface area contributed by atoms with Crippen LogP contribution in [0.4, 0.5) is 0 Å². The van der Waals surface area contributed by atoms with E-state index in [-0.39, 0.29) is 6.23 Å². The number of hydrogen-bond acceptors (Lipinski definition) is 3. The van der Waals surface area contributed by atoms with Crippen molar-refractivity contribution in [1.82, 2.24) is 5.32 Å². The molecule has 1 rings (SSSR count). The van der Waals surface area contributed by atoms with E-state index < -0.39 is 5.79 Å². The quantitative estimate of drug-likeness (QED) is 0.555. The molecular weight excluding hydrogens is 118 g/mol. The maximum absolute atomic E-state index is 5.36. The summed E-state index contributed by atoms with van der Waals surface area (Å²) < 4.78 is 10.6. The van der Waals surface area contributed by atoms with Crippen LogP contribution in [0.5, 0.6) is 0 Å². The molecule has 0 bridgehead atoms. The van der Waals surface area contributed by atoms with Crippen molar-refractivity contribution in [1.29, 1.82) is 0 Å². The molecule has 0 aromatic heterocycles. The average Bonchev–Trinajstić information content (AvgIpc) is 2.10. The molecule has 0 unspecified atom stereocenters. The molecule has 1 saturated heterocycles. The van der Waals surface area contributed by atoms with E-state index in [0.29, 0.717) is 6.61 Å². The van der Waals surface area contributed by atoms with Crippen LogP contribution >= 0.6 is 0 Å². The molecule has 3 nitrogen and oxygen atoms in total. The van der Waals surface area contributed by atoms with Gasteiger partial charge in [-0.1, -0.05) is 0 Å². The Morgan fingerprint density at radius 1 is 1.56 bits per heavy atom. The smallest absolute Gasteiger partial charge is 0.165 e. The lowest BCUT2D eigenvalue weighted by Gasteiger charge is -2.16. The van der Waals surface area contributed by atoms with Crippen LogP contribution in [0.2, 0.25) is 0 Å². The van der Waals surface area contributed by atoms with E-state index >= 15 is 0 Å². The largest absolute Gasteiger partial charge is 0.346 e. The van der Waals surface area contributed by atoms with Gasteiger partial charge in [-0.15, -0.1) is 0 Å². The normalized spacial score (nSPS) is 33.0. The molecule has 1 atom stereocenters. The fourth-order valence-electron chi connectivity index (χ4n) is 0.829. The zero-order chi connectivity index (χ0) is 6.91. The van der Waals surface area contributed by atoms with E-state index in [4.69, 9.17) is 9.47 Å². The van der Waals surface area contributed by atoms with Crippen LogP contribution in [-0.4, -0.2) is 25.7 Å². The fourth-order valence-corrected chi connectivity index (χ4v) is 0.829. The minimum atomic E-state index is -0.395. The Hall–Kier alpha value is -0.120. The summed E-state index contributed by atoms with van der Waals surface area (Å²) in [5.74, 6) is -0.395. The first-order valence-corrected chi connectivity index (χ1v) is 3.13. The van der Waals surface area contributed by atoms with Gasteiger partial charge >= 0.3 is 0 Å². The topological polar surface area (TPSA) is 30.5 Å². The van der Waals surface area contributed by atoms with Crippen LogP contribution in [-0.2, 0) is 9.47 Å². The highest BCUT2D eigenvalue weighted by molar-refractivity contribution is 4.66. The SMILES string of the molecule is CN[C@H]1COC(C)(C)O1.